The Bertz CT molecular complexity index is 508. The van der Waals surface area contributed by atoms with Gasteiger partial charge in [-0.3, -0.25) is 9.59 Å². The number of rotatable bonds is 10. The average molecular weight is 334 g/mol. The van der Waals surface area contributed by atoms with Crippen LogP contribution in [0.25, 0.3) is 0 Å². The monoisotopic (exact) mass is 334 g/mol. The third kappa shape index (κ3) is 5.34. The molecular formula is C19H26O5. The van der Waals surface area contributed by atoms with Gasteiger partial charge < -0.3 is 14.2 Å². The van der Waals surface area contributed by atoms with Crippen LogP contribution in [0.15, 0.2) is 30.3 Å². The highest BCUT2D eigenvalue weighted by molar-refractivity contribution is 5.72. The fraction of sp³-hybridized carbons (Fsp3) is 0.579. The van der Waals surface area contributed by atoms with Gasteiger partial charge in [-0.05, 0) is 37.7 Å². The molecule has 1 fully saturated rings. The van der Waals surface area contributed by atoms with E-state index in [4.69, 9.17) is 14.2 Å². The lowest BCUT2D eigenvalue weighted by molar-refractivity contribution is -0.158. The number of carbonyl (C=O) groups is 2. The molecule has 5 heteroatoms. The standard InChI is InChI=1S/C19H26O5/c1-22-12-9-17(13-19(24-15-20)10-5-6-11-19)18(21)23-14-16-7-3-2-4-8-16/h2-4,7-8,15,17H,5-6,9-14H2,1H3/t17-/m0/s1. The van der Waals surface area contributed by atoms with Crippen molar-refractivity contribution in [3.8, 4) is 0 Å². The summed E-state index contributed by atoms with van der Waals surface area (Å²) in [6.07, 6.45) is 4.72. The molecule has 5 nitrogen and oxygen atoms in total. The van der Waals surface area contributed by atoms with E-state index in [-0.39, 0.29) is 18.5 Å². The molecule has 2 rings (SSSR count). The predicted octanol–water partition coefficient (Wildman–Crippen LogP) is 3.26. The van der Waals surface area contributed by atoms with Crippen molar-refractivity contribution in [3.63, 3.8) is 0 Å². The summed E-state index contributed by atoms with van der Waals surface area (Å²) in [5, 5.41) is 0. The third-order valence-corrected chi connectivity index (χ3v) is 4.66. The van der Waals surface area contributed by atoms with E-state index >= 15 is 0 Å². The van der Waals surface area contributed by atoms with Crippen molar-refractivity contribution in [1.29, 1.82) is 0 Å². The minimum Gasteiger partial charge on any atom is -0.461 e. The third-order valence-electron chi connectivity index (χ3n) is 4.66. The fourth-order valence-electron chi connectivity index (χ4n) is 3.35. The minimum absolute atomic E-state index is 0.253. The van der Waals surface area contributed by atoms with Crippen LogP contribution >= 0.6 is 0 Å². The summed E-state index contributed by atoms with van der Waals surface area (Å²) in [6.45, 7) is 1.24. The Balaban J connectivity index is 1.97. The van der Waals surface area contributed by atoms with Crippen LogP contribution in [0.3, 0.4) is 0 Å². The number of methoxy groups -OCH3 is 1. The van der Waals surface area contributed by atoms with Gasteiger partial charge in [-0.25, -0.2) is 0 Å². The van der Waals surface area contributed by atoms with Crippen LogP contribution in [-0.4, -0.2) is 31.8 Å². The van der Waals surface area contributed by atoms with Crippen molar-refractivity contribution in [1.82, 2.24) is 0 Å². The van der Waals surface area contributed by atoms with E-state index in [9.17, 15) is 9.59 Å². The topological polar surface area (TPSA) is 61.8 Å². The molecule has 0 saturated heterocycles. The molecule has 1 atom stereocenters. The highest BCUT2D eigenvalue weighted by Gasteiger charge is 2.40. The zero-order chi connectivity index (χ0) is 17.3. The Hall–Kier alpha value is -1.88. The molecule has 0 spiro atoms. The maximum absolute atomic E-state index is 12.5. The number of esters is 1. The maximum Gasteiger partial charge on any atom is 0.309 e. The van der Waals surface area contributed by atoms with Crippen molar-refractivity contribution in [2.45, 2.75) is 50.7 Å². The van der Waals surface area contributed by atoms with Crippen LogP contribution in [0.2, 0.25) is 0 Å². The summed E-state index contributed by atoms with van der Waals surface area (Å²) < 4.78 is 16.0. The van der Waals surface area contributed by atoms with Gasteiger partial charge in [-0.1, -0.05) is 30.3 Å². The van der Waals surface area contributed by atoms with Gasteiger partial charge in [0.1, 0.15) is 12.2 Å². The zero-order valence-corrected chi connectivity index (χ0v) is 14.2. The largest absolute Gasteiger partial charge is 0.461 e. The van der Waals surface area contributed by atoms with Gasteiger partial charge in [0, 0.05) is 20.1 Å². The second kappa shape index (κ2) is 9.42. The number of hydrogen-bond acceptors (Lipinski definition) is 5. The van der Waals surface area contributed by atoms with Gasteiger partial charge in [0.2, 0.25) is 0 Å². The Labute approximate surface area is 143 Å². The molecule has 0 radical (unpaired) electrons. The SMILES string of the molecule is COCC[C@@H](CC1(OC=O)CCCC1)C(=O)OCc1ccccc1. The Morgan fingerprint density at radius 2 is 1.96 bits per heavy atom. The predicted molar refractivity (Wildman–Crippen MR) is 89.2 cm³/mol. The van der Waals surface area contributed by atoms with Gasteiger partial charge in [0.05, 0.1) is 5.92 Å². The first-order chi connectivity index (χ1) is 11.7. The number of hydrogen-bond donors (Lipinski definition) is 0. The first kappa shape index (κ1) is 18.5. The Morgan fingerprint density at radius 3 is 2.58 bits per heavy atom. The van der Waals surface area contributed by atoms with E-state index in [0.29, 0.717) is 25.9 Å². The molecule has 0 bridgehead atoms. The smallest absolute Gasteiger partial charge is 0.309 e. The van der Waals surface area contributed by atoms with E-state index in [1.165, 1.54) is 0 Å². The molecule has 132 valence electrons. The normalized spacial score (nSPS) is 17.2. The van der Waals surface area contributed by atoms with E-state index in [2.05, 4.69) is 0 Å². The van der Waals surface area contributed by atoms with Gasteiger partial charge in [0.15, 0.2) is 0 Å². The second-order valence-corrected chi connectivity index (χ2v) is 6.38. The number of ether oxygens (including phenoxy) is 3. The number of benzene rings is 1. The first-order valence-corrected chi connectivity index (χ1v) is 8.50. The van der Waals surface area contributed by atoms with Crippen LogP contribution in [0.5, 0.6) is 0 Å². The highest BCUT2D eigenvalue weighted by atomic mass is 16.5. The first-order valence-electron chi connectivity index (χ1n) is 8.50. The van der Waals surface area contributed by atoms with E-state index in [0.717, 1.165) is 31.2 Å². The lowest BCUT2D eigenvalue weighted by Gasteiger charge is -2.30. The maximum atomic E-state index is 12.5. The molecule has 0 N–H and O–H groups in total. The van der Waals surface area contributed by atoms with Gasteiger partial charge >= 0.3 is 5.97 Å². The summed E-state index contributed by atoms with van der Waals surface area (Å²) >= 11 is 0. The molecule has 1 aliphatic rings. The van der Waals surface area contributed by atoms with Crippen LogP contribution in [-0.2, 0) is 30.4 Å². The highest BCUT2D eigenvalue weighted by Crippen LogP contribution is 2.39. The van der Waals surface area contributed by atoms with E-state index in [1.54, 1.807) is 7.11 Å². The van der Waals surface area contributed by atoms with Crippen LogP contribution in [0.1, 0.15) is 44.1 Å². The Kier molecular flexibility index (Phi) is 7.25. The van der Waals surface area contributed by atoms with Crippen molar-refractivity contribution in [2.75, 3.05) is 13.7 Å². The van der Waals surface area contributed by atoms with Gasteiger partial charge in [0.25, 0.3) is 6.47 Å². The van der Waals surface area contributed by atoms with E-state index < -0.39 is 5.60 Å². The minimum atomic E-state index is -0.522. The summed E-state index contributed by atoms with van der Waals surface area (Å²) in [7, 11) is 1.61. The van der Waals surface area contributed by atoms with Crippen molar-refractivity contribution in [2.24, 2.45) is 5.92 Å². The average Bonchev–Trinajstić information content (AvgIpc) is 3.06. The lowest BCUT2D eigenvalue weighted by atomic mass is 9.87. The van der Waals surface area contributed by atoms with Gasteiger partial charge in [-0.15, -0.1) is 0 Å². The van der Waals surface area contributed by atoms with Crippen molar-refractivity contribution >= 4 is 12.4 Å². The molecule has 0 aromatic heterocycles. The summed E-state index contributed by atoms with van der Waals surface area (Å²) in [5.74, 6) is -0.580. The molecule has 0 aliphatic heterocycles. The number of carbonyl (C=O) groups excluding carboxylic acids is 2. The summed E-state index contributed by atoms with van der Waals surface area (Å²) in [6, 6.07) is 9.60. The molecule has 24 heavy (non-hydrogen) atoms. The molecule has 1 aliphatic carbocycles. The molecular weight excluding hydrogens is 308 g/mol. The molecule has 0 heterocycles. The molecule has 0 amide bonds. The molecule has 1 aromatic carbocycles. The van der Waals surface area contributed by atoms with Gasteiger partial charge in [-0.2, -0.15) is 0 Å². The van der Waals surface area contributed by atoms with Crippen LogP contribution < -0.4 is 0 Å². The van der Waals surface area contributed by atoms with Crippen LogP contribution in [0, 0.1) is 5.92 Å². The van der Waals surface area contributed by atoms with E-state index in [1.807, 2.05) is 30.3 Å². The quantitative estimate of drug-likeness (QED) is 0.485. The van der Waals surface area contributed by atoms with Crippen molar-refractivity contribution in [3.05, 3.63) is 35.9 Å². The summed E-state index contributed by atoms with van der Waals surface area (Å²) in [5.41, 5.74) is 0.433. The zero-order valence-electron chi connectivity index (χ0n) is 14.2. The lowest BCUT2D eigenvalue weighted by Crippen LogP contribution is -2.35. The molecule has 1 saturated carbocycles. The van der Waals surface area contributed by atoms with Crippen LogP contribution in [0.4, 0.5) is 0 Å². The van der Waals surface area contributed by atoms with Crippen molar-refractivity contribution < 1.29 is 23.8 Å². The second-order valence-electron chi connectivity index (χ2n) is 6.38. The summed E-state index contributed by atoms with van der Waals surface area (Å²) in [4.78, 5) is 23.4. The molecule has 1 aromatic rings. The fourth-order valence-corrected chi connectivity index (χ4v) is 3.35. The molecule has 0 unspecified atom stereocenters. The Morgan fingerprint density at radius 1 is 1.25 bits per heavy atom.